The molecule has 1 aromatic carbocycles. The van der Waals surface area contributed by atoms with Gasteiger partial charge in [0.25, 0.3) is 0 Å². The van der Waals surface area contributed by atoms with E-state index < -0.39 is 0 Å². The minimum absolute atomic E-state index is 0.540. The first-order valence-corrected chi connectivity index (χ1v) is 6.44. The maximum Gasteiger partial charge on any atom is 0.148 e. The van der Waals surface area contributed by atoms with Gasteiger partial charge in [-0.1, -0.05) is 26.0 Å². The van der Waals surface area contributed by atoms with Crippen molar-refractivity contribution in [1.82, 2.24) is 15.3 Å². The molecule has 94 valence electrons. The minimum Gasteiger partial charge on any atom is -0.341 e. The third-order valence-corrected chi connectivity index (χ3v) is 3.53. The number of aromatic nitrogens is 2. The molecule has 2 heterocycles. The molecular formula is C14H18N4. The van der Waals surface area contributed by atoms with Crippen molar-refractivity contribution < 1.29 is 0 Å². The number of benzene rings is 1. The molecule has 4 nitrogen and oxygen atoms in total. The standard InChI is InChI=1S/C14H18N4/c1-10(2)13-8-18(9-16-13)14-7-15-11-5-3-4-6-12(11)17-14/h3-7,10,13,16H,8-9H2,1-2H3. The zero-order valence-corrected chi connectivity index (χ0v) is 10.8. The normalized spacial score (nSPS) is 19.9. The van der Waals surface area contributed by atoms with E-state index in [-0.39, 0.29) is 0 Å². The van der Waals surface area contributed by atoms with Crippen molar-refractivity contribution >= 4 is 16.9 Å². The third-order valence-electron chi connectivity index (χ3n) is 3.53. The summed E-state index contributed by atoms with van der Waals surface area (Å²) in [5, 5.41) is 3.51. The first-order valence-electron chi connectivity index (χ1n) is 6.44. The topological polar surface area (TPSA) is 41.1 Å². The second-order valence-corrected chi connectivity index (χ2v) is 5.15. The fourth-order valence-electron chi connectivity index (χ4n) is 2.31. The molecule has 4 heteroatoms. The Morgan fingerprint density at radius 1 is 1.28 bits per heavy atom. The predicted octanol–water partition coefficient (Wildman–Crippen LogP) is 2.02. The molecule has 3 rings (SSSR count). The molecule has 1 aromatic heterocycles. The van der Waals surface area contributed by atoms with Gasteiger partial charge in [-0.25, -0.2) is 4.98 Å². The summed E-state index contributed by atoms with van der Waals surface area (Å²) in [6, 6.07) is 8.53. The minimum atomic E-state index is 0.540. The summed E-state index contributed by atoms with van der Waals surface area (Å²) >= 11 is 0. The van der Waals surface area contributed by atoms with Gasteiger partial charge < -0.3 is 4.90 Å². The van der Waals surface area contributed by atoms with Gasteiger partial charge in [0, 0.05) is 12.6 Å². The molecule has 0 bridgehead atoms. The predicted molar refractivity (Wildman–Crippen MR) is 73.5 cm³/mol. The van der Waals surface area contributed by atoms with E-state index in [0.717, 1.165) is 30.1 Å². The summed E-state index contributed by atoms with van der Waals surface area (Å²) in [6.45, 7) is 6.35. The zero-order chi connectivity index (χ0) is 12.5. The molecule has 0 spiro atoms. The van der Waals surface area contributed by atoms with Gasteiger partial charge in [-0.15, -0.1) is 0 Å². The van der Waals surface area contributed by atoms with Crippen LogP contribution >= 0.6 is 0 Å². The third kappa shape index (κ3) is 2.04. The lowest BCUT2D eigenvalue weighted by atomic mass is 10.1. The molecule has 2 aromatic rings. The maximum absolute atomic E-state index is 4.67. The van der Waals surface area contributed by atoms with E-state index in [4.69, 9.17) is 0 Å². The molecule has 18 heavy (non-hydrogen) atoms. The van der Waals surface area contributed by atoms with Gasteiger partial charge in [-0.05, 0) is 18.1 Å². The lowest BCUT2D eigenvalue weighted by Gasteiger charge is -2.17. The Balaban J connectivity index is 1.87. The maximum atomic E-state index is 4.67. The van der Waals surface area contributed by atoms with Gasteiger partial charge in [0.05, 0.1) is 23.9 Å². The summed E-state index contributed by atoms with van der Waals surface area (Å²) in [5.41, 5.74) is 1.91. The van der Waals surface area contributed by atoms with Crippen molar-refractivity contribution in [3.63, 3.8) is 0 Å². The molecular weight excluding hydrogens is 224 g/mol. The number of nitrogens with zero attached hydrogens (tertiary/aromatic N) is 3. The number of fused-ring (bicyclic) bond motifs is 1. The zero-order valence-electron chi connectivity index (χ0n) is 10.8. The van der Waals surface area contributed by atoms with E-state index in [9.17, 15) is 0 Å². The SMILES string of the molecule is CC(C)C1CN(c2cnc3ccccc3n2)CN1. The van der Waals surface area contributed by atoms with Gasteiger partial charge in [0.1, 0.15) is 5.82 Å². The smallest absolute Gasteiger partial charge is 0.148 e. The summed E-state index contributed by atoms with van der Waals surface area (Å²) in [6.07, 6.45) is 1.87. The van der Waals surface area contributed by atoms with Crippen LogP contribution in [-0.2, 0) is 0 Å². The number of anilines is 1. The van der Waals surface area contributed by atoms with Crippen LogP contribution in [-0.4, -0.2) is 29.2 Å². The molecule has 0 saturated carbocycles. The Bertz CT molecular complexity index is 552. The van der Waals surface area contributed by atoms with Crippen molar-refractivity contribution in [3.8, 4) is 0 Å². The average molecular weight is 242 g/mol. The molecule has 0 amide bonds. The Hall–Kier alpha value is -1.68. The van der Waals surface area contributed by atoms with Gasteiger partial charge in [0.15, 0.2) is 0 Å². The van der Waals surface area contributed by atoms with Gasteiger partial charge in [-0.2, -0.15) is 0 Å². The summed E-state index contributed by atoms with van der Waals surface area (Å²) in [5.74, 6) is 1.60. The van der Waals surface area contributed by atoms with Crippen LogP contribution in [0.25, 0.3) is 11.0 Å². The van der Waals surface area contributed by atoms with Gasteiger partial charge in [-0.3, -0.25) is 10.3 Å². The number of hydrogen-bond donors (Lipinski definition) is 1. The van der Waals surface area contributed by atoms with Crippen molar-refractivity contribution in [2.75, 3.05) is 18.1 Å². The van der Waals surface area contributed by atoms with Crippen LogP contribution in [0.3, 0.4) is 0 Å². The van der Waals surface area contributed by atoms with Gasteiger partial charge >= 0.3 is 0 Å². The summed E-state index contributed by atoms with van der Waals surface area (Å²) < 4.78 is 0. The first kappa shape index (κ1) is 11.4. The lowest BCUT2D eigenvalue weighted by molar-refractivity contribution is 0.472. The highest BCUT2D eigenvalue weighted by Crippen LogP contribution is 2.19. The molecule has 1 atom stereocenters. The van der Waals surface area contributed by atoms with Crippen molar-refractivity contribution in [2.45, 2.75) is 19.9 Å². The van der Waals surface area contributed by atoms with E-state index in [1.807, 2.05) is 30.5 Å². The molecule has 1 aliphatic rings. The van der Waals surface area contributed by atoms with Crippen LogP contribution in [0.1, 0.15) is 13.8 Å². The fraction of sp³-hybridized carbons (Fsp3) is 0.429. The first-order chi connectivity index (χ1) is 8.74. The van der Waals surface area contributed by atoms with Crippen LogP contribution in [0.2, 0.25) is 0 Å². The highest BCUT2D eigenvalue weighted by atomic mass is 15.3. The van der Waals surface area contributed by atoms with Crippen LogP contribution in [0.15, 0.2) is 30.5 Å². The largest absolute Gasteiger partial charge is 0.341 e. The summed E-state index contributed by atoms with van der Waals surface area (Å²) in [7, 11) is 0. The Labute approximate surface area is 107 Å². The molecule has 1 N–H and O–H groups in total. The van der Waals surface area contributed by atoms with E-state index in [0.29, 0.717) is 12.0 Å². The van der Waals surface area contributed by atoms with Crippen molar-refractivity contribution in [3.05, 3.63) is 30.5 Å². The van der Waals surface area contributed by atoms with E-state index in [2.05, 4.69) is 34.0 Å². The van der Waals surface area contributed by atoms with Crippen LogP contribution in [0, 0.1) is 5.92 Å². The Kier molecular flexibility index (Phi) is 2.88. The van der Waals surface area contributed by atoms with E-state index in [1.54, 1.807) is 0 Å². The second kappa shape index (κ2) is 4.53. The lowest BCUT2D eigenvalue weighted by Crippen LogP contribution is -2.29. The molecule has 1 fully saturated rings. The Morgan fingerprint density at radius 2 is 2.06 bits per heavy atom. The molecule has 0 radical (unpaired) electrons. The van der Waals surface area contributed by atoms with Gasteiger partial charge in [0.2, 0.25) is 0 Å². The number of rotatable bonds is 2. The monoisotopic (exact) mass is 242 g/mol. The van der Waals surface area contributed by atoms with E-state index >= 15 is 0 Å². The number of hydrogen-bond acceptors (Lipinski definition) is 4. The highest BCUT2D eigenvalue weighted by Gasteiger charge is 2.25. The Morgan fingerprint density at radius 3 is 2.78 bits per heavy atom. The molecule has 1 aliphatic heterocycles. The quantitative estimate of drug-likeness (QED) is 0.874. The summed E-state index contributed by atoms with van der Waals surface area (Å²) in [4.78, 5) is 11.4. The average Bonchev–Trinajstić information content (AvgIpc) is 2.88. The second-order valence-electron chi connectivity index (χ2n) is 5.15. The van der Waals surface area contributed by atoms with E-state index in [1.165, 1.54) is 0 Å². The highest BCUT2D eigenvalue weighted by molar-refractivity contribution is 5.75. The van der Waals surface area contributed by atoms with Crippen molar-refractivity contribution in [2.24, 2.45) is 5.92 Å². The molecule has 0 aliphatic carbocycles. The molecule has 1 unspecified atom stereocenters. The molecule has 1 saturated heterocycles. The number of para-hydroxylation sites is 2. The fourth-order valence-corrected chi connectivity index (χ4v) is 2.31. The van der Waals surface area contributed by atoms with Crippen molar-refractivity contribution in [1.29, 1.82) is 0 Å². The van der Waals surface area contributed by atoms with Crippen LogP contribution < -0.4 is 10.2 Å². The number of nitrogens with one attached hydrogen (secondary N) is 1. The van der Waals surface area contributed by atoms with Crippen LogP contribution in [0.4, 0.5) is 5.82 Å². The van der Waals surface area contributed by atoms with Crippen LogP contribution in [0.5, 0.6) is 0 Å².